The van der Waals surface area contributed by atoms with Crippen LogP contribution in [-0.4, -0.2) is 37.8 Å². The van der Waals surface area contributed by atoms with Gasteiger partial charge in [-0.2, -0.15) is 0 Å². The number of sulfonamides is 1. The molecule has 2 N–H and O–H groups in total. The molecule has 1 heterocycles. The predicted octanol–water partition coefficient (Wildman–Crippen LogP) is 4.26. The Labute approximate surface area is 184 Å². The first-order valence-corrected chi connectivity index (χ1v) is 12.1. The zero-order chi connectivity index (χ0) is 21.5. The van der Waals surface area contributed by atoms with Crippen molar-refractivity contribution in [3.05, 3.63) is 58.6 Å². The van der Waals surface area contributed by atoms with Gasteiger partial charge in [0.25, 0.3) is 5.91 Å². The molecular formula is C21H20ClN3O3S2. The first-order chi connectivity index (χ1) is 14.2. The molecule has 9 heteroatoms. The summed E-state index contributed by atoms with van der Waals surface area (Å²) in [4.78, 5) is 20.1. The molecule has 0 atom stereocenters. The largest absolute Gasteiger partial charge is 0.339 e. The van der Waals surface area contributed by atoms with Crippen LogP contribution in [0.25, 0.3) is 21.7 Å². The second-order valence-electron chi connectivity index (χ2n) is 7.40. The number of hydrogen-bond donors (Lipinski definition) is 1. The molecule has 0 saturated heterocycles. The first-order valence-electron chi connectivity index (χ1n) is 9.38. The van der Waals surface area contributed by atoms with Gasteiger partial charge in [0.2, 0.25) is 10.0 Å². The van der Waals surface area contributed by atoms with Crippen molar-refractivity contribution >= 4 is 38.9 Å². The molecule has 30 heavy (non-hydrogen) atoms. The molecule has 1 fully saturated rings. The second-order valence-corrected chi connectivity index (χ2v) is 10.4. The van der Waals surface area contributed by atoms with E-state index in [0.717, 1.165) is 35.4 Å². The molecule has 0 bridgehead atoms. The minimum Gasteiger partial charge on any atom is -0.339 e. The maximum Gasteiger partial charge on any atom is 0.282 e. The fraction of sp³-hybridized carbons (Fsp3) is 0.238. The highest BCUT2D eigenvalue weighted by molar-refractivity contribution is 7.89. The third-order valence-electron chi connectivity index (χ3n) is 4.95. The molecule has 1 aliphatic carbocycles. The van der Waals surface area contributed by atoms with Crippen LogP contribution in [0.4, 0.5) is 0 Å². The van der Waals surface area contributed by atoms with Gasteiger partial charge in [0.15, 0.2) is 5.01 Å². The lowest BCUT2D eigenvalue weighted by Crippen LogP contribution is -2.28. The molecule has 4 rings (SSSR count). The number of primary sulfonamides is 1. The van der Waals surface area contributed by atoms with Crippen molar-refractivity contribution in [2.75, 3.05) is 13.6 Å². The number of carbonyl (C=O) groups is 1. The highest BCUT2D eigenvalue weighted by Gasteiger charge is 2.27. The van der Waals surface area contributed by atoms with Gasteiger partial charge in [-0.25, -0.2) is 18.5 Å². The second kappa shape index (κ2) is 8.11. The molecule has 156 valence electrons. The van der Waals surface area contributed by atoms with E-state index in [4.69, 9.17) is 16.7 Å². The smallest absolute Gasteiger partial charge is 0.282 e. The average molecular weight is 462 g/mol. The zero-order valence-electron chi connectivity index (χ0n) is 16.2. The number of aromatic nitrogens is 1. The molecule has 1 aromatic heterocycles. The van der Waals surface area contributed by atoms with E-state index in [0.29, 0.717) is 21.6 Å². The van der Waals surface area contributed by atoms with E-state index in [2.05, 4.69) is 4.98 Å². The summed E-state index contributed by atoms with van der Waals surface area (Å²) in [7, 11) is -1.99. The van der Waals surface area contributed by atoms with Gasteiger partial charge in [-0.05, 0) is 48.6 Å². The van der Waals surface area contributed by atoms with Crippen LogP contribution in [0.3, 0.4) is 0 Å². The summed E-state index contributed by atoms with van der Waals surface area (Å²) in [6.07, 6.45) is 2.32. The number of nitrogens with two attached hydrogens (primary N) is 1. The summed E-state index contributed by atoms with van der Waals surface area (Å²) in [6, 6.07) is 13.5. The van der Waals surface area contributed by atoms with Crippen LogP contribution in [0.15, 0.2) is 53.4 Å². The Kier molecular flexibility index (Phi) is 5.67. The van der Waals surface area contributed by atoms with Gasteiger partial charge in [-0.1, -0.05) is 35.9 Å². The fourth-order valence-electron chi connectivity index (χ4n) is 3.14. The SMILES string of the molecule is CN(CC1CC1)C(=O)c1nc(-c2ccc(Cl)cc2)c(-c2ccc(S(N)(=O)=O)cc2)s1. The molecule has 0 unspecified atom stereocenters. The predicted molar refractivity (Wildman–Crippen MR) is 119 cm³/mol. The van der Waals surface area contributed by atoms with Crippen molar-refractivity contribution in [3.8, 4) is 21.7 Å². The molecule has 3 aromatic rings. The number of benzene rings is 2. The topological polar surface area (TPSA) is 93.4 Å². The van der Waals surface area contributed by atoms with Gasteiger partial charge in [-0.3, -0.25) is 4.79 Å². The molecule has 1 aliphatic rings. The van der Waals surface area contributed by atoms with Crippen molar-refractivity contribution in [2.24, 2.45) is 11.1 Å². The molecule has 1 amide bonds. The van der Waals surface area contributed by atoms with Crippen molar-refractivity contribution in [1.82, 2.24) is 9.88 Å². The van der Waals surface area contributed by atoms with Crippen molar-refractivity contribution in [1.29, 1.82) is 0 Å². The van der Waals surface area contributed by atoms with Crippen molar-refractivity contribution in [2.45, 2.75) is 17.7 Å². The molecular weight excluding hydrogens is 442 g/mol. The van der Waals surface area contributed by atoms with Gasteiger partial charge in [0.1, 0.15) is 0 Å². The Balaban J connectivity index is 1.76. The van der Waals surface area contributed by atoms with Crippen LogP contribution >= 0.6 is 22.9 Å². The Morgan fingerprint density at radius 1 is 1.13 bits per heavy atom. The maximum atomic E-state index is 12.9. The Hall–Kier alpha value is -2.26. The Bertz CT molecular complexity index is 1190. The number of amides is 1. The number of rotatable bonds is 6. The summed E-state index contributed by atoms with van der Waals surface area (Å²) in [5.41, 5.74) is 2.24. The summed E-state index contributed by atoms with van der Waals surface area (Å²) in [5, 5.41) is 6.20. The van der Waals surface area contributed by atoms with Crippen LogP contribution in [0.1, 0.15) is 22.6 Å². The third-order valence-corrected chi connectivity index (χ3v) is 7.22. The average Bonchev–Trinajstić information content (AvgIpc) is 3.42. The molecule has 0 radical (unpaired) electrons. The molecule has 1 saturated carbocycles. The zero-order valence-corrected chi connectivity index (χ0v) is 18.6. The summed E-state index contributed by atoms with van der Waals surface area (Å²) in [6.45, 7) is 0.729. The maximum absolute atomic E-state index is 12.9. The quantitative estimate of drug-likeness (QED) is 0.593. The van der Waals surface area contributed by atoms with Crippen LogP contribution in [0, 0.1) is 5.92 Å². The summed E-state index contributed by atoms with van der Waals surface area (Å²) < 4.78 is 23.1. The standard InChI is InChI=1S/C21H20ClN3O3S2/c1-25(12-13-2-3-13)21(26)20-24-18(14-4-8-16(22)9-5-14)19(29-20)15-6-10-17(11-7-15)30(23,27)28/h4-11,13H,2-3,12H2,1H3,(H2,23,27,28). The summed E-state index contributed by atoms with van der Waals surface area (Å²) >= 11 is 7.31. The van der Waals surface area contributed by atoms with Gasteiger partial charge in [0.05, 0.1) is 15.5 Å². The number of thiazole rings is 1. The minimum atomic E-state index is -3.78. The fourth-order valence-corrected chi connectivity index (χ4v) is 4.87. The monoisotopic (exact) mass is 461 g/mol. The normalized spacial score (nSPS) is 14.0. The van der Waals surface area contributed by atoms with E-state index >= 15 is 0 Å². The highest BCUT2D eigenvalue weighted by atomic mass is 35.5. The number of nitrogens with zero attached hydrogens (tertiary/aromatic N) is 2. The van der Waals surface area contributed by atoms with Crippen molar-refractivity contribution < 1.29 is 13.2 Å². The Morgan fingerprint density at radius 2 is 1.73 bits per heavy atom. The van der Waals surface area contributed by atoms with E-state index in [-0.39, 0.29) is 10.8 Å². The minimum absolute atomic E-state index is 0.0317. The number of carbonyl (C=O) groups excluding carboxylic acids is 1. The Morgan fingerprint density at radius 3 is 2.30 bits per heavy atom. The van der Waals surface area contributed by atoms with Gasteiger partial charge in [0, 0.05) is 24.2 Å². The van der Waals surface area contributed by atoms with Gasteiger partial charge in [-0.15, -0.1) is 11.3 Å². The van der Waals surface area contributed by atoms with Crippen LogP contribution < -0.4 is 5.14 Å². The molecule has 6 nitrogen and oxygen atoms in total. The van der Waals surface area contributed by atoms with E-state index in [1.165, 1.54) is 23.5 Å². The first kappa shape index (κ1) is 21.0. The summed E-state index contributed by atoms with van der Waals surface area (Å²) in [5.74, 6) is 0.467. The van der Waals surface area contributed by atoms with Gasteiger partial charge >= 0.3 is 0 Å². The van der Waals surface area contributed by atoms with Crippen LogP contribution in [0.5, 0.6) is 0 Å². The molecule has 0 spiro atoms. The number of hydrogen-bond acceptors (Lipinski definition) is 5. The highest BCUT2D eigenvalue weighted by Crippen LogP contribution is 2.38. The van der Waals surface area contributed by atoms with E-state index < -0.39 is 10.0 Å². The van der Waals surface area contributed by atoms with E-state index in [1.807, 2.05) is 12.1 Å². The van der Waals surface area contributed by atoms with Gasteiger partial charge < -0.3 is 4.90 Å². The van der Waals surface area contributed by atoms with Crippen molar-refractivity contribution in [3.63, 3.8) is 0 Å². The lowest BCUT2D eigenvalue weighted by Gasteiger charge is -2.14. The molecule has 2 aromatic carbocycles. The van der Waals surface area contributed by atoms with E-state index in [9.17, 15) is 13.2 Å². The third kappa shape index (κ3) is 4.57. The van der Waals surface area contributed by atoms with Crippen LogP contribution in [-0.2, 0) is 10.0 Å². The lowest BCUT2D eigenvalue weighted by molar-refractivity contribution is 0.0788. The molecule has 0 aliphatic heterocycles. The number of halogens is 1. The lowest BCUT2D eigenvalue weighted by atomic mass is 10.1. The van der Waals surface area contributed by atoms with Crippen LogP contribution in [0.2, 0.25) is 5.02 Å². The van der Waals surface area contributed by atoms with E-state index in [1.54, 1.807) is 36.2 Å².